The number of benzene rings is 1. The number of nitrogens with one attached hydrogen (secondary N) is 1. The number of ether oxygens (including phenoxy) is 2. The van der Waals surface area contributed by atoms with Gasteiger partial charge in [0.05, 0.1) is 18.7 Å². The fourth-order valence-electron chi connectivity index (χ4n) is 2.21. The van der Waals surface area contributed by atoms with Gasteiger partial charge in [0.25, 0.3) is 5.89 Å². The summed E-state index contributed by atoms with van der Waals surface area (Å²) in [4.78, 5) is 24.5. The van der Waals surface area contributed by atoms with Gasteiger partial charge in [-0.2, -0.15) is 0 Å². The molecule has 0 unspecified atom stereocenters. The quantitative estimate of drug-likeness (QED) is 0.854. The van der Waals surface area contributed by atoms with Gasteiger partial charge in [-0.05, 0) is 19.1 Å². The molecule has 1 aliphatic heterocycles. The second-order valence-corrected chi connectivity index (χ2v) is 4.93. The highest BCUT2D eigenvalue weighted by Crippen LogP contribution is 2.29. The van der Waals surface area contributed by atoms with E-state index < -0.39 is 12.0 Å². The molecule has 0 radical (unpaired) electrons. The molecule has 126 valence electrons. The maximum atomic E-state index is 11.9. The van der Waals surface area contributed by atoms with Crippen LogP contribution in [0.1, 0.15) is 6.92 Å². The van der Waals surface area contributed by atoms with E-state index in [4.69, 9.17) is 13.9 Å². The Morgan fingerprint density at radius 1 is 1.38 bits per heavy atom. The van der Waals surface area contributed by atoms with Crippen LogP contribution in [0.3, 0.4) is 0 Å². The molecule has 0 bridgehead atoms. The van der Waals surface area contributed by atoms with Crippen LogP contribution in [-0.4, -0.2) is 53.4 Å². The summed E-state index contributed by atoms with van der Waals surface area (Å²) in [5.74, 6) is 0.401. The van der Waals surface area contributed by atoms with Crippen LogP contribution < -0.4 is 10.1 Å². The highest BCUT2D eigenvalue weighted by Gasteiger charge is 2.25. The maximum Gasteiger partial charge on any atom is 0.410 e. The molecule has 3 rings (SSSR count). The summed E-state index contributed by atoms with van der Waals surface area (Å²) in [7, 11) is 0. The average molecular weight is 332 g/mol. The molecule has 9 heteroatoms. The van der Waals surface area contributed by atoms with E-state index in [1.165, 1.54) is 4.90 Å². The van der Waals surface area contributed by atoms with Crippen LogP contribution in [0.15, 0.2) is 28.7 Å². The number of carbonyl (C=O) groups is 2. The molecule has 0 aliphatic carbocycles. The summed E-state index contributed by atoms with van der Waals surface area (Å²) < 4.78 is 15.7. The Morgan fingerprint density at radius 2 is 2.21 bits per heavy atom. The summed E-state index contributed by atoms with van der Waals surface area (Å²) in [6, 6.07) is 7.18. The van der Waals surface area contributed by atoms with Gasteiger partial charge in [-0.15, -0.1) is 5.10 Å². The van der Waals surface area contributed by atoms with Gasteiger partial charge in [-0.1, -0.05) is 17.2 Å². The normalized spacial score (nSPS) is 13.7. The van der Waals surface area contributed by atoms with Crippen LogP contribution in [0.4, 0.5) is 10.8 Å². The lowest BCUT2D eigenvalue weighted by atomic mass is 10.2. The lowest BCUT2D eigenvalue weighted by Gasteiger charge is -2.10. The smallest absolute Gasteiger partial charge is 0.410 e. The van der Waals surface area contributed by atoms with Crippen LogP contribution in [0.5, 0.6) is 5.75 Å². The zero-order valence-electron chi connectivity index (χ0n) is 13.0. The summed E-state index contributed by atoms with van der Waals surface area (Å²) in [6.07, 6.45) is -0.512. The molecule has 0 atom stereocenters. The first kappa shape index (κ1) is 15.8. The Hall–Kier alpha value is -3.10. The van der Waals surface area contributed by atoms with Crippen molar-refractivity contribution in [3.05, 3.63) is 24.3 Å². The van der Waals surface area contributed by atoms with E-state index in [9.17, 15) is 9.59 Å². The third kappa shape index (κ3) is 3.45. The molecule has 1 aliphatic rings. The monoisotopic (exact) mass is 332 g/mol. The second kappa shape index (κ2) is 6.99. The number of para-hydroxylation sites is 1. The van der Waals surface area contributed by atoms with E-state index in [1.807, 2.05) is 19.1 Å². The van der Waals surface area contributed by atoms with E-state index in [2.05, 4.69) is 15.5 Å². The molecule has 1 saturated heterocycles. The lowest BCUT2D eigenvalue weighted by Crippen LogP contribution is -2.33. The van der Waals surface area contributed by atoms with Gasteiger partial charge in [-0.25, -0.2) is 4.79 Å². The standard InChI is InChI=1S/C15H16N4O5/c1-2-22-11-6-4-3-5-10(11)13-17-18-14(24-13)16-12(20)9-19-7-8-23-15(19)21/h3-6H,2,7-9H2,1H3,(H,16,18,20). The maximum absolute atomic E-state index is 11.9. The van der Waals surface area contributed by atoms with E-state index in [0.717, 1.165) is 0 Å². The van der Waals surface area contributed by atoms with Crippen molar-refractivity contribution in [2.45, 2.75) is 6.92 Å². The van der Waals surface area contributed by atoms with Gasteiger partial charge in [0.15, 0.2) is 0 Å². The minimum Gasteiger partial charge on any atom is -0.493 e. The SMILES string of the molecule is CCOc1ccccc1-c1nnc(NC(=O)CN2CCOC2=O)o1. The van der Waals surface area contributed by atoms with Gasteiger partial charge < -0.3 is 13.9 Å². The van der Waals surface area contributed by atoms with Crippen molar-refractivity contribution in [1.29, 1.82) is 0 Å². The Bertz CT molecular complexity index is 745. The topological polar surface area (TPSA) is 107 Å². The Labute approximate surface area is 137 Å². The zero-order chi connectivity index (χ0) is 16.9. The third-order valence-electron chi connectivity index (χ3n) is 3.27. The fourth-order valence-corrected chi connectivity index (χ4v) is 2.21. The zero-order valence-corrected chi connectivity index (χ0v) is 13.0. The number of aromatic nitrogens is 2. The fraction of sp³-hybridized carbons (Fsp3) is 0.333. The molecule has 1 aromatic carbocycles. The molecule has 2 heterocycles. The van der Waals surface area contributed by atoms with E-state index >= 15 is 0 Å². The molecular weight excluding hydrogens is 316 g/mol. The van der Waals surface area contributed by atoms with E-state index in [0.29, 0.717) is 24.5 Å². The minimum absolute atomic E-state index is 0.0473. The lowest BCUT2D eigenvalue weighted by molar-refractivity contribution is -0.116. The number of cyclic esters (lactones) is 1. The van der Waals surface area contributed by atoms with Crippen LogP contribution in [0.2, 0.25) is 0 Å². The van der Waals surface area contributed by atoms with Crippen molar-refractivity contribution in [1.82, 2.24) is 15.1 Å². The van der Waals surface area contributed by atoms with Gasteiger partial charge >= 0.3 is 12.1 Å². The van der Waals surface area contributed by atoms with Crippen molar-refractivity contribution >= 4 is 18.0 Å². The number of anilines is 1. The molecule has 1 N–H and O–H groups in total. The third-order valence-corrected chi connectivity index (χ3v) is 3.27. The predicted molar refractivity (Wildman–Crippen MR) is 82.5 cm³/mol. The summed E-state index contributed by atoms with van der Waals surface area (Å²) in [5, 5.41) is 10.2. The van der Waals surface area contributed by atoms with E-state index in [1.54, 1.807) is 12.1 Å². The van der Waals surface area contributed by atoms with Gasteiger partial charge in [-0.3, -0.25) is 15.0 Å². The first-order chi connectivity index (χ1) is 11.7. The second-order valence-electron chi connectivity index (χ2n) is 4.93. The van der Waals surface area contributed by atoms with Gasteiger partial charge in [0, 0.05) is 0 Å². The summed E-state index contributed by atoms with van der Waals surface area (Å²) in [6.45, 7) is 2.90. The molecule has 0 saturated carbocycles. The van der Waals surface area contributed by atoms with Crippen LogP contribution in [0.25, 0.3) is 11.5 Å². The Kier molecular flexibility index (Phi) is 4.59. The number of rotatable bonds is 6. The number of nitrogens with zero attached hydrogens (tertiary/aromatic N) is 3. The molecule has 0 spiro atoms. The minimum atomic E-state index is -0.512. The van der Waals surface area contributed by atoms with Crippen LogP contribution in [0, 0.1) is 0 Å². The highest BCUT2D eigenvalue weighted by atomic mass is 16.6. The molecular formula is C15H16N4O5. The summed E-state index contributed by atoms with van der Waals surface area (Å²) >= 11 is 0. The van der Waals surface area contributed by atoms with Crippen molar-refractivity contribution in [2.24, 2.45) is 0 Å². The largest absolute Gasteiger partial charge is 0.493 e. The number of carbonyl (C=O) groups excluding carboxylic acids is 2. The highest BCUT2D eigenvalue weighted by molar-refractivity contribution is 5.92. The van der Waals surface area contributed by atoms with Crippen LogP contribution >= 0.6 is 0 Å². The molecule has 1 aromatic heterocycles. The molecule has 2 amide bonds. The predicted octanol–water partition coefficient (Wildman–Crippen LogP) is 1.53. The average Bonchev–Trinajstić information content (AvgIpc) is 3.18. The summed E-state index contributed by atoms with van der Waals surface area (Å²) in [5.41, 5.74) is 0.635. The molecule has 24 heavy (non-hydrogen) atoms. The van der Waals surface area contributed by atoms with Crippen molar-refractivity contribution in [3.63, 3.8) is 0 Å². The molecule has 9 nitrogen and oxygen atoms in total. The molecule has 2 aromatic rings. The number of hydrogen-bond donors (Lipinski definition) is 1. The number of hydrogen-bond acceptors (Lipinski definition) is 7. The van der Waals surface area contributed by atoms with Gasteiger partial charge in [0.1, 0.15) is 18.9 Å². The van der Waals surface area contributed by atoms with Gasteiger partial charge in [0.2, 0.25) is 5.91 Å². The number of amides is 2. The van der Waals surface area contributed by atoms with Crippen molar-refractivity contribution < 1.29 is 23.5 Å². The first-order valence-electron chi connectivity index (χ1n) is 7.44. The van der Waals surface area contributed by atoms with Crippen molar-refractivity contribution in [2.75, 3.05) is 31.6 Å². The van der Waals surface area contributed by atoms with E-state index in [-0.39, 0.29) is 25.1 Å². The first-order valence-corrected chi connectivity index (χ1v) is 7.44. The van der Waals surface area contributed by atoms with Crippen LogP contribution in [-0.2, 0) is 9.53 Å². The Morgan fingerprint density at radius 3 is 2.96 bits per heavy atom. The Balaban J connectivity index is 1.67. The molecule has 1 fully saturated rings. The van der Waals surface area contributed by atoms with Crippen molar-refractivity contribution in [3.8, 4) is 17.2 Å².